The van der Waals surface area contributed by atoms with Crippen molar-refractivity contribution in [2.45, 2.75) is 12.7 Å². The van der Waals surface area contributed by atoms with Gasteiger partial charge >= 0.3 is 0 Å². The lowest BCUT2D eigenvalue weighted by Crippen LogP contribution is -2.07. The molecule has 176 valence electrons. The molecule has 0 saturated heterocycles. The molecule has 0 aliphatic carbocycles. The first-order valence-electron chi connectivity index (χ1n) is 10.3. The van der Waals surface area contributed by atoms with Gasteiger partial charge in [0.1, 0.15) is 41.5 Å². The van der Waals surface area contributed by atoms with E-state index in [1.807, 2.05) is 0 Å². The third kappa shape index (κ3) is 4.62. The summed E-state index contributed by atoms with van der Waals surface area (Å²) in [4.78, 5) is 16.1. The Bertz CT molecular complexity index is 1540. The van der Waals surface area contributed by atoms with E-state index in [0.717, 1.165) is 24.5 Å². The summed E-state index contributed by atoms with van der Waals surface area (Å²) in [7, 11) is 0. The molecule has 5 rings (SSSR count). The molecule has 2 N–H and O–H groups in total. The maximum absolute atomic E-state index is 14.3. The van der Waals surface area contributed by atoms with E-state index in [2.05, 4.69) is 19.9 Å². The number of aliphatic hydroxyl groups is 1. The van der Waals surface area contributed by atoms with Gasteiger partial charge in [-0.05, 0) is 23.3 Å². The fourth-order valence-electron chi connectivity index (χ4n) is 3.58. The summed E-state index contributed by atoms with van der Waals surface area (Å²) in [6.45, 7) is 0.0378. The van der Waals surface area contributed by atoms with E-state index in [1.54, 1.807) is 16.8 Å². The van der Waals surface area contributed by atoms with Crippen molar-refractivity contribution in [3.63, 3.8) is 0 Å². The number of hydrogen-bond donors (Lipinski definition) is 2. The highest BCUT2D eigenvalue weighted by Crippen LogP contribution is 2.33. The van der Waals surface area contributed by atoms with Crippen molar-refractivity contribution < 1.29 is 28.1 Å². The Balaban J connectivity index is 1.47. The molecule has 1 aromatic carbocycles. The smallest absolute Gasteiger partial charge is 0.234 e. The number of benzene rings is 1. The number of aromatic hydroxyl groups is 1. The predicted octanol–water partition coefficient (Wildman–Crippen LogP) is 3.97. The number of aliphatic hydroxyl groups excluding tert-OH is 1. The van der Waals surface area contributed by atoms with Gasteiger partial charge in [-0.3, -0.25) is 14.4 Å². The Hall–Kier alpha value is -4.51. The highest BCUT2D eigenvalue weighted by Gasteiger charge is 2.22. The number of pyridine rings is 2. The molecule has 35 heavy (non-hydrogen) atoms. The molecule has 8 nitrogen and oxygen atoms in total. The molecule has 0 amide bonds. The molecule has 1 unspecified atom stereocenters. The van der Waals surface area contributed by atoms with Crippen LogP contribution in [0.15, 0.2) is 67.5 Å². The Morgan fingerprint density at radius 3 is 2.60 bits per heavy atom. The van der Waals surface area contributed by atoms with Crippen molar-refractivity contribution in [1.82, 2.24) is 24.3 Å². The second kappa shape index (κ2) is 9.03. The molecule has 5 aromatic rings. The van der Waals surface area contributed by atoms with E-state index in [-0.39, 0.29) is 23.6 Å². The molecule has 0 aliphatic rings. The normalized spacial score (nSPS) is 12.1. The summed E-state index contributed by atoms with van der Waals surface area (Å²) in [5.41, 5.74) is 1.08. The Kier molecular flexibility index (Phi) is 5.75. The summed E-state index contributed by atoms with van der Waals surface area (Å²) in [5.74, 6) is -1.90. The average molecular weight is 479 g/mol. The minimum atomic E-state index is -1.61. The van der Waals surface area contributed by atoms with Gasteiger partial charge in [-0.2, -0.15) is 0 Å². The highest BCUT2D eigenvalue weighted by atomic mass is 19.1. The number of imidazole rings is 1. The summed E-state index contributed by atoms with van der Waals surface area (Å²) in [5, 5.41) is 20.2. The average Bonchev–Trinajstić information content (AvgIpc) is 3.25. The van der Waals surface area contributed by atoms with Crippen LogP contribution >= 0.6 is 0 Å². The molecule has 0 bridgehead atoms. The number of halogens is 3. The lowest BCUT2D eigenvalue weighted by molar-refractivity contribution is 0.209. The first kappa shape index (κ1) is 22.3. The van der Waals surface area contributed by atoms with Crippen LogP contribution in [0.2, 0.25) is 0 Å². The zero-order chi connectivity index (χ0) is 24.5. The van der Waals surface area contributed by atoms with Gasteiger partial charge in [0, 0.05) is 36.3 Å². The van der Waals surface area contributed by atoms with Crippen LogP contribution < -0.4 is 4.74 Å². The van der Waals surface area contributed by atoms with Crippen LogP contribution in [-0.2, 0) is 6.61 Å². The number of hydrogen-bond acceptors (Lipinski definition) is 7. The number of ether oxygens (including phenoxy) is 1. The van der Waals surface area contributed by atoms with E-state index in [1.165, 1.54) is 30.6 Å². The first-order valence-corrected chi connectivity index (χ1v) is 10.3. The quantitative estimate of drug-likeness (QED) is 0.380. The highest BCUT2D eigenvalue weighted by molar-refractivity contribution is 5.68. The second-order valence-corrected chi connectivity index (χ2v) is 7.60. The largest absolute Gasteiger partial charge is 0.506 e. The lowest BCUT2D eigenvalue weighted by atomic mass is 9.95. The minimum absolute atomic E-state index is 0.0378. The lowest BCUT2D eigenvalue weighted by Gasteiger charge is -2.16. The van der Waals surface area contributed by atoms with Gasteiger partial charge in [0.2, 0.25) is 5.78 Å². The van der Waals surface area contributed by atoms with Crippen LogP contribution in [0.3, 0.4) is 0 Å². The zero-order valence-electron chi connectivity index (χ0n) is 17.8. The fraction of sp³-hybridized carbons (Fsp3) is 0.0833. The SMILES string of the molecule is Oc1cnc(C(O)c2cc(F)ccc2-c2cnc3nc(COc4cncc(F)c4)cn3c2)c(F)c1. The van der Waals surface area contributed by atoms with Gasteiger partial charge in [0.25, 0.3) is 0 Å². The number of rotatable bonds is 6. The monoisotopic (exact) mass is 479 g/mol. The third-order valence-corrected chi connectivity index (χ3v) is 5.16. The number of nitrogens with zero attached hydrogens (tertiary/aromatic N) is 5. The van der Waals surface area contributed by atoms with Crippen molar-refractivity contribution in [3.8, 4) is 22.6 Å². The van der Waals surface area contributed by atoms with E-state index in [9.17, 15) is 23.4 Å². The predicted molar refractivity (Wildman–Crippen MR) is 117 cm³/mol. The molecule has 0 radical (unpaired) electrons. The topological polar surface area (TPSA) is 106 Å². The van der Waals surface area contributed by atoms with Crippen LogP contribution in [0.1, 0.15) is 23.1 Å². The Morgan fingerprint density at radius 1 is 0.943 bits per heavy atom. The second-order valence-electron chi connectivity index (χ2n) is 7.60. The van der Waals surface area contributed by atoms with E-state index in [0.29, 0.717) is 22.6 Å². The summed E-state index contributed by atoms with van der Waals surface area (Å²) >= 11 is 0. The molecule has 1 atom stereocenters. The van der Waals surface area contributed by atoms with Crippen molar-refractivity contribution in [1.29, 1.82) is 0 Å². The maximum Gasteiger partial charge on any atom is 0.234 e. The summed E-state index contributed by atoms with van der Waals surface area (Å²) in [6.07, 6.45) is 6.62. The standard InChI is InChI=1S/C24H16F3N5O3/c25-14-1-2-19(20(4-14)23(34)22-21(27)5-17(33)8-29-22)13-6-30-24-31-16(11-32(24)10-13)12-35-18-3-15(26)7-28-9-18/h1-11,23,33-34H,12H2. The van der Waals surface area contributed by atoms with Crippen LogP contribution in [-0.4, -0.2) is 34.5 Å². The van der Waals surface area contributed by atoms with Crippen molar-refractivity contribution in [2.24, 2.45) is 0 Å². The van der Waals surface area contributed by atoms with Crippen molar-refractivity contribution in [3.05, 3.63) is 102 Å². The molecule has 4 aromatic heterocycles. The molecular formula is C24H16F3N5O3. The first-order chi connectivity index (χ1) is 16.9. The van der Waals surface area contributed by atoms with Crippen LogP contribution in [0.4, 0.5) is 13.2 Å². The number of fused-ring (bicyclic) bond motifs is 1. The van der Waals surface area contributed by atoms with Crippen LogP contribution in [0.5, 0.6) is 11.5 Å². The Morgan fingerprint density at radius 2 is 1.80 bits per heavy atom. The molecule has 4 heterocycles. The number of aromatic nitrogens is 5. The van der Waals surface area contributed by atoms with Crippen molar-refractivity contribution >= 4 is 5.78 Å². The fourth-order valence-corrected chi connectivity index (χ4v) is 3.58. The Labute approximate surface area is 196 Å². The van der Waals surface area contributed by atoms with E-state index in [4.69, 9.17) is 4.74 Å². The summed E-state index contributed by atoms with van der Waals surface area (Å²) < 4.78 is 48.8. The summed E-state index contributed by atoms with van der Waals surface area (Å²) in [6, 6.07) is 5.74. The van der Waals surface area contributed by atoms with Gasteiger partial charge in [0.05, 0.1) is 24.3 Å². The van der Waals surface area contributed by atoms with Crippen LogP contribution in [0.25, 0.3) is 16.9 Å². The van der Waals surface area contributed by atoms with Gasteiger partial charge < -0.3 is 14.9 Å². The molecular weight excluding hydrogens is 463 g/mol. The van der Waals surface area contributed by atoms with Gasteiger partial charge in [-0.25, -0.2) is 23.1 Å². The van der Waals surface area contributed by atoms with E-state index >= 15 is 0 Å². The van der Waals surface area contributed by atoms with E-state index < -0.39 is 29.3 Å². The van der Waals surface area contributed by atoms with Crippen molar-refractivity contribution in [2.75, 3.05) is 0 Å². The van der Waals surface area contributed by atoms with Gasteiger partial charge in [-0.15, -0.1) is 0 Å². The molecule has 11 heteroatoms. The van der Waals surface area contributed by atoms with Gasteiger partial charge in [-0.1, -0.05) is 6.07 Å². The maximum atomic E-state index is 14.3. The van der Waals surface area contributed by atoms with Gasteiger partial charge in [0.15, 0.2) is 5.82 Å². The molecule has 0 fully saturated rings. The third-order valence-electron chi connectivity index (χ3n) is 5.16. The molecule has 0 aliphatic heterocycles. The van der Waals surface area contributed by atoms with Crippen LogP contribution in [0, 0.1) is 17.5 Å². The minimum Gasteiger partial charge on any atom is -0.506 e. The molecule has 0 saturated carbocycles. The molecule has 0 spiro atoms. The zero-order valence-corrected chi connectivity index (χ0v) is 17.8.